The van der Waals surface area contributed by atoms with Crippen LogP contribution < -0.4 is 10.6 Å². The molecule has 1 fully saturated rings. The first kappa shape index (κ1) is 16.3. The molecule has 1 aliphatic heterocycles. The van der Waals surface area contributed by atoms with Crippen molar-refractivity contribution in [1.29, 1.82) is 0 Å². The second-order valence-corrected chi connectivity index (χ2v) is 8.03. The highest BCUT2D eigenvalue weighted by Gasteiger charge is 2.45. The third-order valence-corrected chi connectivity index (χ3v) is 5.81. The molecule has 1 aliphatic carbocycles. The molecule has 3 heteroatoms. The molecule has 3 atom stereocenters. The fourth-order valence-electron chi connectivity index (χ4n) is 4.63. The Bertz CT molecular complexity index is 797. The summed E-state index contributed by atoms with van der Waals surface area (Å²) in [6, 6.07) is 16.3. The molecule has 130 valence electrons. The van der Waals surface area contributed by atoms with Gasteiger partial charge in [-0.2, -0.15) is 0 Å². The highest BCUT2D eigenvalue weighted by Crippen LogP contribution is 2.49. The number of fused-ring (bicyclic) bond motifs is 3. The van der Waals surface area contributed by atoms with E-state index in [0.29, 0.717) is 5.92 Å². The molecule has 0 aromatic heterocycles. The number of nitrogens with two attached hydrogens (primary N) is 1. The topological polar surface area (TPSA) is 46.3 Å². The Morgan fingerprint density at radius 2 is 1.96 bits per heavy atom. The van der Waals surface area contributed by atoms with Crippen LogP contribution in [0.4, 0.5) is 5.69 Å². The molecule has 2 aromatic rings. The highest BCUT2D eigenvalue weighted by molar-refractivity contribution is 6.08. The minimum Gasteiger partial charge on any atom is -0.325 e. The van der Waals surface area contributed by atoms with E-state index >= 15 is 0 Å². The summed E-state index contributed by atoms with van der Waals surface area (Å²) in [5.41, 5.74) is 10.8. The molecule has 1 amide bonds. The molecule has 0 saturated heterocycles. The second kappa shape index (κ2) is 5.99. The molecule has 0 radical (unpaired) electrons. The van der Waals surface area contributed by atoms with Crippen molar-refractivity contribution in [1.82, 2.24) is 0 Å². The van der Waals surface area contributed by atoms with Crippen LogP contribution in [0.1, 0.15) is 60.0 Å². The van der Waals surface area contributed by atoms with Gasteiger partial charge in [0.2, 0.25) is 0 Å². The van der Waals surface area contributed by atoms with Gasteiger partial charge in [0, 0.05) is 28.7 Å². The van der Waals surface area contributed by atoms with Crippen molar-refractivity contribution >= 4 is 11.6 Å². The van der Waals surface area contributed by atoms with Gasteiger partial charge in [-0.1, -0.05) is 35.9 Å². The maximum atomic E-state index is 13.3. The van der Waals surface area contributed by atoms with E-state index in [2.05, 4.69) is 36.9 Å². The maximum Gasteiger partial charge on any atom is 0.258 e. The predicted molar refractivity (Wildman–Crippen MR) is 102 cm³/mol. The van der Waals surface area contributed by atoms with E-state index < -0.39 is 0 Å². The molecule has 0 spiro atoms. The van der Waals surface area contributed by atoms with E-state index in [1.807, 2.05) is 30.3 Å². The fourth-order valence-corrected chi connectivity index (χ4v) is 4.63. The Balaban J connectivity index is 1.81. The molecular formula is C22H26N2O. The van der Waals surface area contributed by atoms with E-state index in [0.717, 1.165) is 36.9 Å². The lowest BCUT2D eigenvalue weighted by Crippen LogP contribution is -2.41. The van der Waals surface area contributed by atoms with Gasteiger partial charge in [0.15, 0.2) is 0 Å². The molecule has 2 N–H and O–H groups in total. The molecule has 1 saturated carbocycles. The number of carbonyl (C=O) groups is 1. The predicted octanol–water partition coefficient (Wildman–Crippen LogP) is 4.40. The molecule has 0 bridgehead atoms. The fraction of sp³-hybridized carbons (Fsp3) is 0.409. The van der Waals surface area contributed by atoms with Gasteiger partial charge in [-0.3, -0.25) is 4.79 Å². The van der Waals surface area contributed by atoms with Gasteiger partial charge in [0.05, 0.1) is 0 Å². The lowest BCUT2D eigenvalue weighted by Gasteiger charge is -2.29. The second-order valence-electron chi connectivity index (χ2n) is 8.03. The zero-order valence-corrected chi connectivity index (χ0v) is 15.0. The zero-order chi connectivity index (χ0) is 17.6. The summed E-state index contributed by atoms with van der Waals surface area (Å²) in [5, 5.41) is 0. The summed E-state index contributed by atoms with van der Waals surface area (Å²) in [6.07, 6.45) is 4.05. The van der Waals surface area contributed by atoms with Crippen molar-refractivity contribution < 1.29 is 4.79 Å². The van der Waals surface area contributed by atoms with Crippen LogP contribution in [-0.4, -0.2) is 17.5 Å². The third-order valence-electron chi connectivity index (χ3n) is 5.81. The van der Waals surface area contributed by atoms with Crippen LogP contribution in [0.2, 0.25) is 0 Å². The number of benzene rings is 2. The Hall–Kier alpha value is -2.13. The third kappa shape index (κ3) is 2.87. The summed E-state index contributed by atoms with van der Waals surface area (Å²) in [7, 11) is 0. The van der Waals surface area contributed by atoms with Crippen molar-refractivity contribution in [2.24, 2.45) is 5.73 Å². The number of carbonyl (C=O) groups excluding carboxylic acids is 1. The van der Waals surface area contributed by atoms with Gasteiger partial charge < -0.3 is 10.6 Å². The summed E-state index contributed by atoms with van der Waals surface area (Å²) in [4.78, 5) is 15.4. The maximum absolute atomic E-state index is 13.3. The first-order valence-corrected chi connectivity index (χ1v) is 9.24. The Labute approximate surface area is 149 Å². The Morgan fingerprint density at radius 1 is 1.20 bits per heavy atom. The molecule has 2 aliphatic rings. The van der Waals surface area contributed by atoms with Crippen LogP contribution in [0.5, 0.6) is 0 Å². The summed E-state index contributed by atoms with van der Waals surface area (Å²) in [6.45, 7) is 4.28. The molecule has 2 aromatic carbocycles. The number of hydrogen-bond acceptors (Lipinski definition) is 2. The summed E-state index contributed by atoms with van der Waals surface area (Å²) in [5.74, 6) is 0.443. The smallest absolute Gasteiger partial charge is 0.258 e. The number of amides is 1. The molecular weight excluding hydrogens is 308 g/mol. The summed E-state index contributed by atoms with van der Waals surface area (Å²) < 4.78 is 0. The van der Waals surface area contributed by atoms with Gasteiger partial charge in [-0.25, -0.2) is 0 Å². The number of rotatable bonds is 1. The number of hydrogen-bond donors (Lipinski definition) is 1. The van der Waals surface area contributed by atoms with Crippen LogP contribution in [0.25, 0.3) is 0 Å². The van der Waals surface area contributed by atoms with Gasteiger partial charge in [-0.15, -0.1) is 0 Å². The zero-order valence-electron chi connectivity index (χ0n) is 15.0. The van der Waals surface area contributed by atoms with Crippen LogP contribution in [0.3, 0.4) is 0 Å². The van der Waals surface area contributed by atoms with E-state index in [1.165, 1.54) is 11.1 Å². The monoisotopic (exact) mass is 334 g/mol. The Kier molecular flexibility index (Phi) is 3.92. The lowest BCUT2D eigenvalue weighted by atomic mass is 9.83. The van der Waals surface area contributed by atoms with Gasteiger partial charge >= 0.3 is 0 Å². The van der Waals surface area contributed by atoms with Crippen molar-refractivity contribution in [3.05, 3.63) is 65.2 Å². The molecule has 4 rings (SSSR count). The largest absolute Gasteiger partial charge is 0.325 e. The number of aryl methyl sites for hydroxylation is 1. The molecule has 1 heterocycles. The van der Waals surface area contributed by atoms with Crippen LogP contribution >= 0.6 is 0 Å². The lowest BCUT2D eigenvalue weighted by molar-refractivity contribution is 0.0975. The van der Waals surface area contributed by atoms with Crippen molar-refractivity contribution in [3.8, 4) is 0 Å². The summed E-state index contributed by atoms with van der Waals surface area (Å²) >= 11 is 0. The van der Waals surface area contributed by atoms with E-state index in [4.69, 9.17) is 5.73 Å². The van der Waals surface area contributed by atoms with Crippen molar-refractivity contribution in [3.63, 3.8) is 0 Å². The average molecular weight is 334 g/mol. The SMILES string of the molecule is Cc1ccc2c(c1)[C@H]1CC(C)(N)CCC[C@@H]1N2C(=O)c1ccccc1. The first-order chi connectivity index (χ1) is 12.0. The van der Waals surface area contributed by atoms with Crippen molar-refractivity contribution in [2.75, 3.05) is 4.90 Å². The van der Waals surface area contributed by atoms with Gasteiger partial charge in [0.25, 0.3) is 5.91 Å². The Morgan fingerprint density at radius 3 is 2.72 bits per heavy atom. The quantitative estimate of drug-likeness (QED) is 0.840. The van der Waals surface area contributed by atoms with Gasteiger partial charge in [-0.05, 0) is 63.3 Å². The molecule has 3 nitrogen and oxygen atoms in total. The van der Waals surface area contributed by atoms with E-state index in [1.54, 1.807) is 0 Å². The number of anilines is 1. The van der Waals surface area contributed by atoms with Crippen LogP contribution in [0.15, 0.2) is 48.5 Å². The minimum absolute atomic E-state index is 0.110. The first-order valence-electron chi connectivity index (χ1n) is 9.24. The minimum atomic E-state index is -0.160. The highest BCUT2D eigenvalue weighted by atomic mass is 16.2. The van der Waals surface area contributed by atoms with Gasteiger partial charge in [0.1, 0.15) is 0 Å². The molecule has 1 unspecified atom stereocenters. The van der Waals surface area contributed by atoms with Crippen LogP contribution in [0, 0.1) is 6.92 Å². The van der Waals surface area contributed by atoms with Crippen LogP contribution in [-0.2, 0) is 0 Å². The average Bonchev–Trinajstić information content (AvgIpc) is 2.77. The molecule has 25 heavy (non-hydrogen) atoms. The van der Waals surface area contributed by atoms with E-state index in [9.17, 15) is 4.79 Å². The normalized spacial score (nSPS) is 28.2. The van der Waals surface area contributed by atoms with E-state index in [-0.39, 0.29) is 17.5 Å². The van der Waals surface area contributed by atoms with Crippen molar-refractivity contribution in [2.45, 2.75) is 57.0 Å². The standard InChI is InChI=1S/C22H26N2O/c1-15-10-11-20-17(13-15)18-14-22(2,23)12-6-9-19(18)24(20)21(25)16-7-4-3-5-8-16/h3-5,7-8,10-11,13,18-19H,6,9,12,14,23H2,1-2H3/t18-,19+,22?/m1/s1. The number of nitrogens with zero attached hydrogens (tertiary/aromatic N) is 1.